The molecule has 2 aromatic heterocycles. The number of aromatic nitrogens is 2. The molecule has 0 amide bonds. The first-order valence-corrected chi connectivity index (χ1v) is 9.17. The van der Waals surface area contributed by atoms with Gasteiger partial charge in [0, 0.05) is 10.9 Å². The van der Waals surface area contributed by atoms with E-state index in [2.05, 4.69) is 31.2 Å². The first kappa shape index (κ1) is 16.5. The van der Waals surface area contributed by atoms with Crippen LogP contribution in [0.3, 0.4) is 0 Å². The van der Waals surface area contributed by atoms with Crippen LogP contribution in [0.5, 0.6) is 5.75 Å². The molecule has 2 heterocycles. The van der Waals surface area contributed by atoms with Crippen molar-refractivity contribution in [2.75, 3.05) is 7.11 Å². The fraction of sp³-hybridized carbons (Fsp3) is 0.143. The van der Waals surface area contributed by atoms with Crippen LogP contribution in [0.1, 0.15) is 21.6 Å². The summed E-state index contributed by atoms with van der Waals surface area (Å²) in [7, 11) is 1.65. The fourth-order valence-electron chi connectivity index (χ4n) is 3.15. The summed E-state index contributed by atoms with van der Waals surface area (Å²) in [5.41, 5.74) is 6.45. The van der Waals surface area contributed by atoms with Crippen LogP contribution < -0.4 is 4.74 Å². The van der Waals surface area contributed by atoms with Crippen LogP contribution in [0.25, 0.3) is 27.5 Å². The van der Waals surface area contributed by atoms with Crippen LogP contribution in [0.4, 0.5) is 0 Å². The molecular formula is C21H18N2O2S. The summed E-state index contributed by atoms with van der Waals surface area (Å²) in [6.45, 7) is 4.05. The summed E-state index contributed by atoms with van der Waals surface area (Å²) in [5, 5.41) is 2.04. The second kappa shape index (κ2) is 6.42. The van der Waals surface area contributed by atoms with E-state index in [0.717, 1.165) is 39.4 Å². The van der Waals surface area contributed by atoms with Gasteiger partial charge in [0.15, 0.2) is 11.2 Å². The number of rotatable bonds is 4. The van der Waals surface area contributed by atoms with Crippen LogP contribution >= 0.6 is 11.3 Å². The molecule has 4 nitrogen and oxygen atoms in total. The summed E-state index contributed by atoms with van der Waals surface area (Å²) < 4.78 is 7.27. The van der Waals surface area contributed by atoms with E-state index >= 15 is 0 Å². The molecule has 0 atom stereocenters. The number of imidazole rings is 1. The predicted molar refractivity (Wildman–Crippen MR) is 105 cm³/mol. The Morgan fingerprint density at radius 3 is 2.46 bits per heavy atom. The SMILES string of the molecule is COc1ccc(-c2nc3scc(-c4ccc(C)cc4)n3c2C=O)cc1C. The smallest absolute Gasteiger partial charge is 0.195 e. The van der Waals surface area contributed by atoms with Gasteiger partial charge in [-0.15, -0.1) is 11.3 Å². The van der Waals surface area contributed by atoms with Gasteiger partial charge < -0.3 is 4.74 Å². The Hall–Kier alpha value is -2.92. The van der Waals surface area contributed by atoms with Crippen LogP contribution in [0.15, 0.2) is 47.8 Å². The zero-order chi connectivity index (χ0) is 18.3. The van der Waals surface area contributed by atoms with Gasteiger partial charge in [-0.2, -0.15) is 0 Å². The highest BCUT2D eigenvalue weighted by molar-refractivity contribution is 7.15. The van der Waals surface area contributed by atoms with Crippen molar-refractivity contribution >= 4 is 22.6 Å². The van der Waals surface area contributed by atoms with Crippen molar-refractivity contribution in [3.05, 3.63) is 64.7 Å². The first-order valence-electron chi connectivity index (χ1n) is 8.29. The molecule has 5 heteroatoms. The molecular weight excluding hydrogens is 344 g/mol. The molecule has 0 radical (unpaired) electrons. The Morgan fingerprint density at radius 1 is 1.08 bits per heavy atom. The normalized spacial score (nSPS) is 11.0. The van der Waals surface area contributed by atoms with Gasteiger partial charge in [0.1, 0.15) is 17.1 Å². The van der Waals surface area contributed by atoms with Gasteiger partial charge in [0.05, 0.1) is 12.8 Å². The molecule has 4 aromatic rings. The summed E-state index contributed by atoms with van der Waals surface area (Å²) in [6.07, 6.45) is 0.888. The van der Waals surface area contributed by atoms with E-state index in [-0.39, 0.29) is 0 Å². The third-order valence-electron chi connectivity index (χ3n) is 4.53. The van der Waals surface area contributed by atoms with E-state index in [1.807, 2.05) is 34.9 Å². The minimum Gasteiger partial charge on any atom is -0.496 e. The van der Waals surface area contributed by atoms with Crippen molar-refractivity contribution in [2.24, 2.45) is 0 Å². The lowest BCUT2D eigenvalue weighted by Crippen LogP contribution is -1.95. The third-order valence-corrected chi connectivity index (χ3v) is 5.35. The first-order chi connectivity index (χ1) is 12.6. The summed E-state index contributed by atoms with van der Waals surface area (Å²) >= 11 is 1.54. The summed E-state index contributed by atoms with van der Waals surface area (Å²) in [5.74, 6) is 0.822. The topological polar surface area (TPSA) is 43.6 Å². The highest BCUT2D eigenvalue weighted by Gasteiger charge is 2.19. The fourth-order valence-corrected chi connectivity index (χ4v) is 4.06. The lowest BCUT2D eigenvalue weighted by atomic mass is 10.1. The predicted octanol–water partition coefficient (Wildman–Crippen LogP) is 5.17. The number of hydrogen-bond acceptors (Lipinski definition) is 4. The Labute approximate surface area is 155 Å². The Bertz CT molecular complexity index is 1110. The van der Waals surface area contributed by atoms with Gasteiger partial charge in [0.2, 0.25) is 0 Å². The molecule has 130 valence electrons. The monoisotopic (exact) mass is 362 g/mol. The van der Waals surface area contributed by atoms with Crippen molar-refractivity contribution in [1.82, 2.24) is 9.38 Å². The third kappa shape index (κ3) is 2.61. The average Bonchev–Trinajstić information content (AvgIpc) is 3.21. The number of methoxy groups -OCH3 is 1. The van der Waals surface area contributed by atoms with Crippen LogP contribution in [-0.4, -0.2) is 22.8 Å². The Balaban J connectivity index is 1.91. The second-order valence-corrected chi connectivity index (χ2v) is 7.09. The Morgan fingerprint density at radius 2 is 1.81 bits per heavy atom. The van der Waals surface area contributed by atoms with Crippen molar-refractivity contribution in [3.8, 4) is 28.3 Å². The number of thiazole rings is 1. The average molecular weight is 362 g/mol. The van der Waals surface area contributed by atoms with E-state index in [4.69, 9.17) is 9.72 Å². The molecule has 0 saturated carbocycles. The minimum atomic E-state index is 0.571. The van der Waals surface area contributed by atoms with Crippen molar-refractivity contribution in [1.29, 1.82) is 0 Å². The largest absolute Gasteiger partial charge is 0.496 e. The molecule has 0 bridgehead atoms. The van der Waals surface area contributed by atoms with Crippen molar-refractivity contribution in [3.63, 3.8) is 0 Å². The second-order valence-electron chi connectivity index (χ2n) is 6.25. The standard InChI is InChI=1S/C21H18N2O2S/c1-13-4-6-15(7-5-13)18-12-26-21-22-20(17(11-24)23(18)21)16-8-9-19(25-3)14(2)10-16/h4-12H,1-3H3. The van der Waals surface area contributed by atoms with E-state index in [0.29, 0.717) is 11.4 Å². The molecule has 2 aromatic carbocycles. The molecule has 26 heavy (non-hydrogen) atoms. The summed E-state index contributed by atoms with van der Waals surface area (Å²) in [4.78, 5) is 17.5. The maximum absolute atomic E-state index is 11.9. The number of aryl methyl sites for hydroxylation is 2. The zero-order valence-corrected chi connectivity index (χ0v) is 15.6. The number of hydrogen-bond donors (Lipinski definition) is 0. The minimum absolute atomic E-state index is 0.571. The molecule has 0 aliphatic heterocycles. The number of benzene rings is 2. The maximum atomic E-state index is 11.9. The lowest BCUT2D eigenvalue weighted by Gasteiger charge is -2.07. The molecule has 0 saturated heterocycles. The van der Waals surface area contributed by atoms with Crippen LogP contribution in [0, 0.1) is 13.8 Å². The molecule has 0 unspecified atom stereocenters. The lowest BCUT2D eigenvalue weighted by molar-refractivity contribution is 0.111. The molecule has 0 N–H and O–H groups in total. The van der Waals surface area contributed by atoms with Crippen LogP contribution in [0.2, 0.25) is 0 Å². The molecule has 4 rings (SSSR count). The molecule has 0 spiro atoms. The molecule has 0 fully saturated rings. The van der Waals surface area contributed by atoms with Gasteiger partial charge in [-0.1, -0.05) is 29.8 Å². The Kier molecular flexibility index (Phi) is 4.09. The van der Waals surface area contributed by atoms with E-state index in [1.165, 1.54) is 16.9 Å². The molecule has 0 aliphatic rings. The number of fused-ring (bicyclic) bond motifs is 1. The van der Waals surface area contributed by atoms with E-state index in [9.17, 15) is 4.79 Å². The van der Waals surface area contributed by atoms with Gasteiger partial charge in [-0.3, -0.25) is 9.20 Å². The van der Waals surface area contributed by atoms with Crippen molar-refractivity contribution in [2.45, 2.75) is 13.8 Å². The number of ether oxygens (including phenoxy) is 1. The van der Waals surface area contributed by atoms with Gasteiger partial charge in [0.25, 0.3) is 0 Å². The number of nitrogens with zero attached hydrogens (tertiary/aromatic N) is 2. The highest BCUT2D eigenvalue weighted by Crippen LogP contribution is 2.33. The number of aldehydes is 1. The highest BCUT2D eigenvalue weighted by atomic mass is 32.1. The van der Waals surface area contributed by atoms with Crippen molar-refractivity contribution < 1.29 is 9.53 Å². The quantitative estimate of drug-likeness (QED) is 0.471. The zero-order valence-electron chi connectivity index (χ0n) is 14.8. The van der Waals surface area contributed by atoms with Crippen LogP contribution in [-0.2, 0) is 0 Å². The van der Waals surface area contributed by atoms with Gasteiger partial charge in [-0.05, 0) is 43.2 Å². The van der Waals surface area contributed by atoms with Gasteiger partial charge in [-0.25, -0.2) is 4.98 Å². The summed E-state index contributed by atoms with van der Waals surface area (Å²) in [6, 6.07) is 14.1. The molecule has 0 aliphatic carbocycles. The number of carbonyl (C=O) groups excluding carboxylic acids is 1. The number of carbonyl (C=O) groups is 1. The maximum Gasteiger partial charge on any atom is 0.195 e. The van der Waals surface area contributed by atoms with E-state index < -0.39 is 0 Å². The van der Waals surface area contributed by atoms with E-state index in [1.54, 1.807) is 7.11 Å². The van der Waals surface area contributed by atoms with Gasteiger partial charge >= 0.3 is 0 Å².